The topological polar surface area (TPSA) is 63.5 Å². The van der Waals surface area contributed by atoms with Gasteiger partial charge in [0, 0.05) is 5.69 Å². The minimum atomic E-state index is -0.353. The molecular weight excluding hydrogens is 300 g/mol. The predicted molar refractivity (Wildman–Crippen MR) is 89.2 cm³/mol. The van der Waals surface area contributed by atoms with Crippen molar-refractivity contribution in [1.29, 1.82) is 0 Å². The molecule has 0 aliphatic carbocycles. The van der Waals surface area contributed by atoms with Gasteiger partial charge in [-0.1, -0.05) is 12.2 Å². The first-order valence-electron chi connectivity index (χ1n) is 6.78. The molecule has 1 aromatic heterocycles. The maximum atomic E-state index is 12.1. The zero-order chi connectivity index (χ0) is 16.1. The summed E-state index contributed by atoms with van der Waals surface area (Å²) in [7, 11) is 1.62. The molecule has 0 saturated heterocycles. The smallest absolute Gasteiger partial charge is 0.283 e. The number of furan rings is 1. The summed E-state index contributed by atoms with van der Waals surface area (Å²) < 4.78 is 10.4. The molecule has 0 spiro atoms. The van der Waals surface area contributed by atoms with Crippen LogP contribution in [0.3, 0.4) is 0 Å². The van der Waals surface area contributed by atoms with Crippen LogP contribution in [0.5, 0.6) is 5.75 Å². The third-order valence-corrected chi connectivity index (χ3v) is 3.53. The Hall–Kier alpha value is -2.34. The van der Waals surface area contributed by atoms with Crippen LogP contribution >= 0.6 is 12.2 Å². The lowest BCUT2D eigenvalue weighted by Gasteiger charge is -2.13. The SMILES string of the molecule is COc1cc(C)c(NC(=O)C(=S)NCc2ccco2)cc1C. The van der Waals surface area contributed by atoms with E-state index in [1.165, 1.54) is 0 Å². The van der Waals surface area contributed by atoms with E-state index in [0.29, 0.717) is 18.0 Å². The number of carbonyl (C=O) groups excluding carboxylic acids is 1. The third kappa shape index (κ3) is 3.85. The number of hydrogen-bond donors (Lipinski definition) is 2. The lowest BCUT2D eigenvalue weighted by Crippen LogP contribution is -2.33. The van der Waals surface area contributed by atoms with E-state index in [2.05, 4.69) is 10.6 Å². The molecule has 1 aromatic carbocycles. The average molecular weight is 318 g/mol. The summed E-state index contributed by atoms with van der Waals surface area (Å²) in [5.74, 6) is 1.15. The molecule has 1 amide bonds. The van der Waals surface area contributed by atoms with E-state index in [9.17, 15) is 4.79 Å². The fourth-order valence-corrected chi connectivity index (χ4v) is 2.11. The first-order chi connectivity index (χ1) is 10.5. The maximum Gasteiger partial charge on any atom is 0.283 e. The van der Waals surface area contributed by atoms with Gasteiger partial charge in [0.2, 0.25) is 0 Å². The predicted octanol–water partition coefficient (Wildman–Crippen LogP) is 2.96. The first kappa shape index (κ1) is 16.0. The van der Waals surface area contributed by atoms with Crippen LogP contribution in [0.4, 0.5) is 5.69 Å². The number of methoxy groups -OCH3 is 1. The van der Waals surface area contributed by atoms with E-state index >= 15 is 0 Å². The molecule has 2 aromatic rings. The molecule has 116 valence electrons. The van der Waals surface area contributed by atoms with Gasteiger partial charge < -0.3 is 19.8 Å². The van der Waals surface area contributed by atoms with Gasteiger partial charge in [0.05, 0.1) is 19.9 Å². The summed E-state index contributed by atoms with van der Waals surface area (Å²) >= 11 is 5.08. The molecule has 0 aliphatic rings. The van der Waals surface area contributed by atoms with Gasteiger partial charge in [0.1, 0.15) is 11.5 Å². The number of benzene rings is 1. The number of amides is 1. The second-order valence-corrected chi connectivity index (χ2v) is 5.26. The Kier molecular flexibility index (Phi) is 5.16. The summed E-state index contributed by atoms with van der Waals surface area (Å²) in [5, 5.41) is 5.67. The van der Waals surface area contributed by atoms with Gasteiger partial charge in [-0.2, -0.15) is 0 Å². The van der Waals surface area contributed by atoms with E-state index in [0.717, 1.165) is 16.9 Å². The quantitative estimate of drug-likeness (QED) is 0.849. The molecule has 0 radical (unpaired) electrons. The Morgan fingerprint density at radius 1 is 1.32 bits per heavy atom. The summed E-state index contributed by atoms with van der Waals surface area (Å²) in [4.78, 5) is 12.2. The largest absolute Gasteiger partial charge is 0.496 e. The van der Waals surface area contributed by atoms with Crippen molar-refractivity contribution in [2.24, 2.45) is 0 Å². The minimum absolute atomic E-state index is 0.115. The zero-order valence-electron chi connectivity index (χ0n) is 12.7. The Balaban J connectivity index is 1.99. The van der Waals surface area contributed by atoms with E-state index < -0.39 is 0 Å². The van der Waals surface area contributed by atoms with Gasteiger partial charge in [-0.05, 0) is 49.2 Å². The molecule has 0 aliphatic heterocycles. The normalized spacial score (nSPS) is 10.1. The summed E-state index contributed by atoms with van der Waals surface area (Å²) in [5.41, 5.74) is 2.56. The Bertz CT molecular complexity index is 681. The van der Waals surface area contributed by atoms with Crippen molar-refractivity contribution in [3.05, 3.63) is 47.4 Å². The number of nitrogens with one attached hydrogen (secondary N) is 2. The van der Waals surface area contributed by atoms with Crippen LogP contribution in [-0.4, -0.2) is 18.0 Å². The summed E-state index contributed by atoms with van der Waals surface area (Å²) in [6, 6.07) is 7.33. The van der Waals surface area contributed by atoms with Gasteiger partial charge in [-0.15, -0.1) is 0 Å². The Labute approximate surface area is 134 Å². The monoisotopic (exact) mass is 318 g/mol. The van der Waals surface area contributed by atoms with Crippen molar-refractivity contribution >= 4 is 28.8 Å². The second-order valence-electron chi connectivity index (χ2n) is 4.85. The van der Waals surface area contributed by atoms with E-state index in [1.54, 1.807) is 19.4 Å². The fraction of sp³-hybridized carbons (Fsp3) is 0.250. The van der Waals surface area contributed by atoms with Crippen LogP contribution in [0.1, 0.15) is 16.9 Å². The van der Waals surface area contributed by atoms with Crippen LogP contribution in [0.2, 0.25) is 0 Å². The second kappa shape index (κ2) is 7.09. The number of thiocarbonyl (C=S) groups is 1. The Morgan fingerprint density at radius 2 is 2.09 bits per heavy atom. The number of ether oxygens (including phenoxy) is 1. The number of hydrogen-bond acceptors (Lipinski definition) is 4. The van der Waals surface area contributed by atoms with Crippen molar-refractivity contribution in [1.82, 2.24) is 5.32 Å². The highest BCUT2D eigenvalue weighted by atomic mass is 32.1. The summed E-state index contributed by atoms with van der Waals surface area (Å²) in [6.07, 6.45) is 1.57. The average Bonchev–Trinajstić information content (AvgIpc) is 3.01. The molecule has 0 bridgehead atoms. The highest BCUT2D eigenvalue weighted by Crippen LogP contribution is 2.25. The zero-order valence-corrected chi connectivity index (χ0v) is 13.5. The molecule has 6 heteroatoms. The maximum absolute atomic E-state index is 12.1. The third-order valence-electron chi connectivity index (χ3n) is 3.20. The highest BCUT2D eigenvalue weighted by Gasteiger charge is 2.12. The van der Waals surface area contributed by atoms with Crippen molar-refractivity contribution in [3.63, 3.8) is 0 Å². The molecule has 5 nitrogen and oxygen atoms in total. The van der Waals surface area contributed by atoms with E-state index in [-0.39, 0.29) is 10.9 Å². The van der Waals surface area contributed by atoms with E-state index in [4.69, 9.17) is 21.4 Å². The molecule has 22 heavy (non-hydrogen) atoms. The summed E-state index contributed by atoms with van der Waals surface area (Å²) in [6.45, 7) is 4.19. The van der Waals surface area contributed by atoms with Crippen LogP contribution < -0.4 is 15.4 Å². The van der Waals surface area contributed by atoms with Crippen molar-refractivity contribution in [2.75, 3.05) is 12.4 Å². The molecule has 0 fully saturated rings. The standard InChI is InChI=1S/C16H18N2O3S/c1-10-8-14(20-3)11(2)7-13(10)18-15(19)16(22)17-9-12-5-4-6-21-12/h4-8H,9H2,1-3H3,(H,17,22)(H,18,19). The van der Waals surface area contributed by atoms with Gasteiger partial charge in [0.15, 0.2) is 4.99 Å². The van der Waals surface area contributed by atoms with Crippen LogP contribution in [0.25, 0.3) is 0 Å². The molecule has 2 N–H and O–H groups in total. The minimum Gasteiger partial charge on any atom is -0.496 e. The van der Waals surface area contributed by atoms with Crippen LogP contribution in [0, 0.1) is 13.8 Å². The first-order valence-corrected chi connectivity index (χ1v) is 7.19. The van der Waals surface area contributed by atoms with Gasteiger partial charge in [0.25, 0.3) is 5.91 Å². The van der Waals surface area contributed by atoms with Crippen LogP contribution in [0.15, 0.2) is 34.9 Å². The van der Waals surface area contributed by atoms with Gasteiger partial charge >= 0.3 is 0 Å². The highest BCUT2D eigenvalue weighted by molar-refractivity contribution is 7.82. The lowest BCUT2D eigenvalue weighted by molar-refractivity contribution is -0.110. The lowest BCUT2D eigenvalue weighted by atomic mass is 10.1. The molecule has 0 saturated carbocycles. The number of anilines is 1. The number of aryl methyl sites for hydroxylation is 2. The molecular formula is C16H18N2O3S. The van der Waals surface area contributed by atoms with Crippen molar-refractivity contribution in [2.45, 2.75) is 20.4 Å². The molecule has 0 atom stereocenters. The molecule has 2 rings (SSSR count). The van der Waals surface area contributed by atoms with E-state index in [1.807, 2.05) is 32.0 Å². The van der Waals surface area contributed by atoms with Gasteiger partial charge in [-0.25, -0.2) is 0 Å². The number of rotatable bonds is 4. The number of carbonyl (C=O) groups is 1. The molecule has 0 unspecified atom stereocenters. The van der Waals surface area contributed by atoms with Gasteiger partial charge in [-0.3, -0.25) is 4.79 Å². The fourth-order valence-electron chi connectivity index (χ4n) is 1.98. The van der Waals surface area contributed by atoms with Crippen LogP contribution in [-0.2, 0) is 11.3 Å². The Morgan fingerprint density at radius 3 is 2.73 bits per heavy atom. The van der Waals surface area contributed by atoms with Crippen molar-refractivity contribution < 1.29 is 13.9 Å². The molecule has 1 heterocycles. The van der Waals surface area contributed by atoms with Crippen molar-refractivity contribution in [3.8, 4) is 5.75 Å².